The monoisotopic (exact) mass is 380 g/mol. The minimum absolute atomic E-state index is 0.581. The highest BCUT2D eigenvalue weighted by atomic mass is 32.1. The molecule has 0 fully saturated rings. The van der Waals surface area contributed by atoms with E-state index in [1.54, 1.807) is 29.9 Å². The molecule has 6 aromatic rings. The second-order valence-electron chi connectivity index (χ2n) is 6.50. The van der Waals surface area contributed by atoms with Crippen LogP contribution < -0.4 is 0 Å². The van der Waals surface area contributed by atoms with Crippen LogP contribution in [-0.2, 0) is 0 Å². The van der Waals surface area contributed by atoms with Gasteiger partial charge in [-0.25, -0.2) is 19.9 Å². The Balaban J connectivity index is 1.45. The third-order valence-corrected chi connectivity index (χ3v) is 5.63. The fourth-order valence-corrected chi connectivity index (χ4v) is 4.16. The third-order valence-electron chi connectivity index (χ3n) is 4.75. The topological polar surface area (TPSA) is 64.7 Å². The van der Waals surface area contributed by atoms with E-state index in [1.165, 1.54) is 10.1 Å². The number of hydrogen-bond acceptors (Lipinski definition) is 6. The minimum Gasteiger partial charge on any atom is -0.456 e. The molecule has 0 saturated heterocycles. The van der Waals surface area contributed by atoms with Crippen molar-refractivity contribution in [2.24, 2.45) is 0 Å². The van der Waals surface area contributed by atoms with Crippen molar-refractivity contribution in [2.75, 3.05) is 0 Å². The molecular weight excluding hydrogens is 368 g/mol. The van der Waals surface area contributed by atoms with Gasteiger partial charge in [0.05, 0.1) is 6.20 Å². The van der Waals surface area contributed by atoms with E-state index in [0.717, 1.165) is 27.9 Å². The lowest BCUT2D eigenvalue weighted by atomic mass is 10.1. The summed E-state index contributed by atoms with van der Waals surface area (Å²) >= 11 is 1.73. The Morgan fingerprint density at radius 1 is 0.786 bits per heavy atom. The fraction of sp³-hybridized carbons (Fsp3) is 0. The highest BCUT2D eigenvalue weighted by Crippen LogP contribution is 2.33. The molecule has 132 valence electrons. The number of thiophene rings is 1. The summed E-state index contributed by atoms with van der Waals surface area (Å²) in [6.07, 6.45) is 4.96. The lowest BCUT2D eigenvalue weighted by molar-refractivity contribution is 0.632. The summed E-state index contributed by atoms with van der Waals surface area (Å²) in [6, 6.07) is 16.6. The van der Waals surface area contributed by atoms with E-state index in [0.29, 0.717) is 17.0 Å². The number of rotatable bonds is 2. The maximum atomic E-state index is 6.15. The zero-order valence-electron chi connectivity index (χ0n) is 14.5. The van der Waals surface area contributed by atoms with Crippen LogP contribution in [0, 0.1) is 0 Å². The molecule has 2 aromatic carbocycles. The van der Waals surface area contributed by atoms with Gasteiger partial charge in [-0.05, 0) is 35.0 Å². The largest absolute Gasteiger partial charge is 0.456 e. The van der Waals surface area contributed by atoms with E-state index < -0.39 is 0 Å². The van der Waals surface area contributed by atoms with E-state index in [9.17, 15) is 0 Å². The molecule has 28 heavy (non-hydrogen) atoms. The molecule has 0 bridgehead atoms. The van der Waals surface area contributed by atoms with Gasteiger partial charge in [0.1, 0.15) is 16.9 Å². The Morgan fingerprint density at radius 2 is 1.68 bits per heavy atom. The molecule has 6 heteroatoms. The quantitative estimate of drug-likeness (QED) is 0.385. The molecule has 0 radical (unpaired) electrons. The van der Waals surface area contributed by atoms with Gasteiger partial charge in [-0.1, -0.05) is 24.3 Å². The van der Waals surface area contributed by atoms with Crippen molar-refractivity contribution in [3.05, 3.63) is 72.5 Å². The van der Waals surface area contributed by atoms with Gasteiger partial charge in [0, 0.05) is 33.6 Å². The molecule has 0 N–H and O–H groups in total. The van der Waals surface area contributed by atoms with Crippen LogP contribution >= 0.6 is 11.3 Å². The molecule has 0 spiro atoms. The van der Waals surface area contributed by atoms with Crippen molar-refractivity contribution in [2.45, 2.75) is 0 Å². The number of fused-ring (bicyclic) bond motifs is 3. The normalized spacial score (nSPS) is 11.6. The maximum Gasteiger partial charge on any atom is 0.181 e. The number of benzene rings is 2. The summed E-state index contributed by atoms with van der Waals surface area (Å²) in [7, 11) is 0. The summed E-state index contributed by atoms with van der Waals surface area (Å²) in [5, 5.41) is 4.40. The molecule has 6 rings (SSSR count). The van der Waals surface area contributed by atoms with Crippen LogP contribution in [0.5, 0.6) is 0 Å². The Labute approximate surface area is 163 Å². The van der Waals surface area contributed by atoms with Gasteiger partial charge in [0.25, 0.3) is 0 Å². The van der Waals surface area contributed by atoms with Crippen LogP contribution in [0.3, 0.4) is 0 Å². The zero-order valence-corrected chi connectivity index (χ0v) is 15.4. The van der Waals surface area contributed by atoms with E-state index in [4.69, 9.17) is 4.42 Å². The molecular formula is C22H12N4OS. The summed E-state index contributed by atoms with van der Waals surface area (Å²) in [4.78, 5) is 17.4. The van der Waals surface area contributed by atoms with Gasteiger partial charge in [-0.2, -0.15) is 0 Å². The number of nitrogens with zero attached hydrogens (tertiary/aromatic N) is 4. The average molecular weight is 380 g/mol. The van der Waals surface area contributed by atoms with E-state index in [1.807, 2.05) is 18.2 Å². The van der Waals surface area contributed by atoms with Crippen molar-refractivity contribution in [1.29, 1.82) is 0 Å². The summed E-state index contributed by atoms with van der Waals surface area (Å²) in [5.41, 5.74) is 4.02. The molecule has 0 aliphatic carbocycles. The SMILES string of the molecule is c1cnc2nc(-c3ccc4cc(-c5ccc6ccsc6c5)oc4c3)ncc2n1. The zero-order chi connectivity index (χ0) is 18.5. The van der Waals surface area contributed by atoms with E-state index >= 15 is 0 Å². The highest BCUT2D eigenvalue weighted by Gasteiger charge is 2.11. The Bertz CT molecular complexity index is 1480. The Morgan fingerprint density at radius 3 is 2.68 bits per heavy atom. The highest BCUT2D eigenvalue weighted by molar-refractivity contribution is 7.17. The second-order valence-corrected chi connectivity index (χ2v) is 7.44. The van der Waals surface area contributed by atoms with Crippen LogP contribution in [0.4, 0.5) is 0 Å². The molecule has 0 amide bonds. The lowest BCUT2D eigenvalue weighted by Gasteiger charge is -2.01. The minimum atomic E-state index is 0.581. The van der Waals surface area contributed by atoms with E-state index in [-0.39, 0.29) is 0 Å². The number of aromatic nitrogens is 4. The first-order chi connectivity index (χ1) is 13.8. The Kier molecular flexibility index (Phi) is 3.27. The van der Waals surface area contributed by atoms with Crippen molar-refractivity contribution in [3.8, 4) is 22.7 Å². The van der Waals surface area contributed by atoms with Crippen molar-refractivity contribution < 1.29 is 4.42 Å². The fourth-order valence-electron chi connectivity index (χ4n) is 3.33. The predicted octanol–water partition coefficient (Wildman–Crippen LogP) is 5.71. The second kappa shape index (κ2) is 5.94. The van der Waals surface area contributed by atoms with Crippen LogP contribution in [0.1, 0.15) is 0 Å². The van der Waals surface area contributed by atoms with Crippen molar-refractivity contribution in [1.82, 2.24) is 19.9 Å². The maximum absolute atomic E-state index is 6.15. The third kappa shape index (κ3) is 2.46. The first kappa shape index (κ1) is 15.4. The summed E-state index contributed by atoms with van der Waals surface area (Å²) in [6.45, 7) is 0. The average Bonchev–Trinajstić information content (AvgIpc) is 3.39. The van der Waals surface area contributed by atoms with Crippen molar-refractivity contribution >= 4 is 43.6 Å². The van der Waals surface area contributed by atoms with E-state index in [2.05, 4.69) is 55.6 Å². The van der Waals surface area contributed by atoms with Gasteiger partial charge in [-0.15, -0.1) is 11.3 Å². The lowest BCUT2D eigenvalue weighted by Crippen LogP contribution is -1.93. The summed E-state index contributed by atoms with van der Waals surface area (Å²) in [5.74, 6) is 1.46. The number of hydrogen-bond donors (Lipinski definition) is 0. The molecule has 0 saturated carbocycles. The van der Waals surface area contributed by atoms with Crippen molar-refractivity contribution in [3.63, 3.8) is 0 Å². The van der Waals surface area contributed by atoms with Gasteiger partial charge in [0.15, 0.2) is 11.5 Å². The summed E-state index contributed by atoms with van der Waals surface area (Å²) < 4.78 is 7.40. The predicted molar refractivity (Wildman–Crippen MR) is 111 cm³/mol. The smallest absolute Gasteiger partial charge is 0.181 e. The molecule has 0 aliphatic heterocycles. The Hall–Kier alpha value is -3.64. The molecule has 4 aromatic heterocycles. The molecule has 0 atom stereocenters. The van der Waals surface area contributed by atoms with Crippen LogP contribution in [0.2, 0.25) is 0 Å². The van der Waals surface area contributed by atoms with Crippen LogP contribution in [0.15, 0.2) is 76.9 Å². The van der Waals surface area contributed by atoms with Gasteiger partial charge < -0.3 is 4.42 Å². The molecule has 4 heterocycles. The van der Waals surface area contributed by atoms with Gasteiger partial charge >= 0.3 is 0 Å². The first-order valence-electron chi connectivity index (χ1n) is 8.79. The molecule has 5 nitrogen and oxygen atoms in total. The first-order valence-corrected chi connectivity index (χ1v) is 9.67. The van der Waals surface area contributed by atoms with Gasteiger partial charge in [0.2, 0.25) is 0 Å². The molecule has 0 aliphatic rings. The standard InChI is InChI=1S/C22H12N4OS/c1-2-15(11-20-13(1)5-8-28-20)18-9-14-3-4-16(10-19(14)27-18)21-25-12-17-22(26-21)24-7-6-23-17/h1-12H. The molecule has 0 unspecified atom stereocenters. The van der Waals surface area contributed by atoms with Gasteiger partial charge in [-0.3, -0.25) is 0 Å². The number of furan rings is 1. The van der Waals surface area contributed by atoms with Crippen LogP contribution in [0.25, 0.3) is 54.9 Å². The van der Waals surface area contributed by atoms with Crippen LogP contribution in [-0.4, -0.2) is 19.9 Å².